The van der Waals surface area contributed by atoms with Crippen LogP contribution >= 0.6 is 0 Å². The Balaban J connectivity index is 2.25. The molecule has 2 nitrogen and oxygen atoms in total. The van der Waals surface area contributed by atoms with Crippen LogP contribution in [0.4, 0.5) is 13.2 Å². The molecule has 0 spiro atoms. The van der Waals surface area contributed by atoms with Crippen LogP contribution in [-0.4, -0.2) is 11.2 Å². The van der Waals surface area contributed by atoms with Gasteiger partial charge in [0.1, 0.15) is 0 Å². The van der Waals surface area contributed by atoms with Crippen LogP contribution in [0.1, 0.15) is 36.8 Å². The van der Waals surface area contributed by atoms with Gasteiger partial charge in [-0.15, -0.1) is 0 Å². The highest BCUT2D eigenvalue weighted by Crippen LogP contribution is 2.44. The largest absolute Gasteiger partial charge is 0.391 e. The monoisotopic (exact) mass is 258 g/mol. The van der Waals surface area contributed by atoms with Gasteiger partial charge in [-0.25, -0.2) is 0 Å². The Hall–Kier alpha value is -1.10. The van der Waals surface area contributed by atoms with Crippen LogP contribution in [-0.2, 0) is 5.54 Å². The van der Waals surface area contributed by atoms with E-state index in [0.717, 1.165) is 11.1 Å². The van der Waals surface area contributed by atoms with Crippen molar-refractivity contribution in [1.29, 1.82) is 0 Å². The number of nitrogens with two attached hydrogens (primary N) is 1. The number of halogens is 3. The summed E-state index contributed by atoms with van der Waals surface area (Å²) in [6.07, 6.45) is 0.355. The molecule has 0 radical (unpaired) electrons. The highest BCUT2D eigenvalue weighted by molar-refractivity contribution is 5.25. The first-order valence-electron chi connectivity index (χ1n) is 6.09. The van der Waals surface area contributed by atoms with Gasteiger partial charge >= 0.3 is 6.18 Å². The molecule has 1 heterocycles. The van der Waals surface area contributed by atoms with E-state index in [1.54, 1.807) is 12.4 Å². The Morgan fingerprint density at radius 3 is 2.72 bits per heavy atom. The van der Waals surface area contributed by atoms with E-state index >= 15 is 0 Å². The highest BCUT2D eigenvalue weighted by Gasteiger charge is 2.46. The van der Waals surface area contributed by atoms with Crippen LogP contribution in [0.3, 0.4) is 0 Å². The van der Waals surface area contributed by atoms with Crippen molar-refractivity contribution in [2.45, 2.75) is 44.3 Å². The van der Waals surface area contributed by atoms with Gasteiger partial charge in [-0.05, 0) is 37.3 Å². The summed E-state index contributed by atoms with van der Waals surface area (Å²) >= 11 is 0. The molecular formula is C13H17F3N2. The number of rotatable bonds is 1. The van der Waals surface area contributed by atoms with Crippen LogP contribution in [0.15, 0.2) is 18.5 Å². The summed E-state index contributed by atoms with van der Waals surface area (Å²) in [5.74, 6) is -1.29. The zero-order chi connectivity index (χ0) is 13.4. The summed E-state index contributed by atoms with van der Waals surface area (Å²) in [6, 6.07) is 1.84. The van der Waals surface area contributed by atoms with Crippen molar-refractivity contribution >= 4 is 0 Å². The van der Waals surface area contributed by atoms with Crippen molar-refractivity contribution in [3.8, 4) is 0 Å². The van der Waals surface area contributed by atoms with E-state index in [2.05, 4.69) is 4.98 Å². The topological polar surface area (TPSA) is 38.9 Å². The average Bonchev–Trinajstić information content (AvgIpc) is 2.28. The molecule has 1 aromatic rings. The molecule has 0 saturated heterocycles. The normalized spacial score (nSPS) is 29.3. The van der Waals surface area contributed by atoms with Crippen LogP contribution in [0, 0.1) is 12.8 Å². The Morgan fingerprint density at radius 2 is 2.11 bits per heavy atom. The third kappa shape index (κ3) is 2.66. The van der Waals surface area contributed by atoms with Crippen molar-refractivity contribution in [3.63, 3.8) is 0 Å². The second-order valence-electron chi connectivity index (χ2n) is 5.24. The summed E-state index contributed by atoms with van der Waals surface area (Å²) in [5.41, 5.74) is 6.95. The highest BCUT2D eigenvalue weighted by atomic mass is 19.4. The first-order chi connectivity index (χ1) is 8.31. The first kappa shape index (κ1) is 13.3. The summed E-state index contributed by atoms with van der Waals surface area (Å²) in [6.45, 7) is 1.87. The maximum Gasteiger partial charge on any atom is 0.391 e. The van der Waals surface area contributed by atoms with E-state index < -0.39 is 17.6 Å². The number of aryl methyl sites for hydroxylation is 1. The number of nitrogens with zero attached hydrogens (tertiary/aromatic N) is 1. The SMILES string of the molecule is Cc1cncc(C2(N)CCCC(C(F)(F)F)C2)c1. The zero-order valence-electron chi connectivity index (χ0n) is 10.3. The molecule has 0 aliphatic heterocycles. The predicted octanol–water partition coefficient (Wildman–Crippen LogP) is 3.30. The molecule has 0 amide bonds. The molecule has 18 heavy (non-hydrogen) atoms. The molecule has 1 aromatic heterocycles. The van der Waals surface area contributed by atoms with Crippen molar-refractivity contribution in [3.05, 3.63) is 29.6 Å². The van der Waals surface area contributed by atoms with E-state index in [4.69, 9.17) is 5.73 Å². The smallest absolute Gasteiger partial charge is 0.321 e. The van der Waals surface area contributed by atoms with Gasteiger partial charge in [-0.3, -0.25) is 4.98 Å². The minimum absolute atomic E-state index is 0.0400. The Bertz CT molecular complexity index is 430. The van der Waals surface area contributed by atoms with Gasteiger partial charge in [0.25, 0.3) is 0 Å². The molecule has 1 fully saturated rings. The Morgan fingerprint density at radius 1 is 1.39 bits per heavy atom. The zero-order valence-corrected chi connectivity index (χ0v) is 10.3. The minimum atomic E-state index is -4.15. The number of hydrogen-bond donors (Lipinski definition) is 1. The van der Waals surface area contributed by atoms with Gasteiger partial charge in [0.2, 0.25) is 0 Å². The summed E-state index contributed by atoms with van der Waals surface area (Å²) in [4.78, 5) is 4.03. The van der Waals surface area contributed by atoms with Gasteiger partial charge in [0.15, 0.2) is 0 Å². The van der Waals surface area contributed by atoms with E-state index in [0.29, 0.717) is 12.8 Å². The van der Waals surface area contributed by atoms with Crippen molar-refractivity contribution in [1.82, 2.24) is 4.98 Å². The second-order valence-corrected chi connectivity index (χ2v) is 5.24. The third-order valence-electron chi connectivity index (χ3n) is 3.70. The lowest BCUT2D eigenvalue weighted by atomic mass is 9.72. The quantitative estimate of drug-likeness (QED) is 0.839. The molecule has 2 N–H and O–H groups in total. The summed E-state index contributed by atoms with van der Waals surface area (Å²) in [7, 11) is 0. The van der Waals surface area contributed by atoms with Gasteiger partial charge in [-0.2, -0.15) is 13.2 Å². The molecule has 2 rings (SSSR count). The molecular weight excluding hydrogens is 241 g/mol. The lowest BCUT2D eigenvalue weighted by Crippen LogP contribution is -2.45. The fourth-order valence-electron chi connectivity index (χ4n) is 2.68. The number of pyridine rings is 1. The fourth-order valence-corrected chi connectivity index (χ4v) is 2.68. The lowest BCUT2D eigenvalue weighted by molar-refractivity contribution is -0.187. The van der Waals surface area contributed by atoms with Gasteiger partial charge in [0, 0.05) is 17.9 Å². The van der Waals surface area contributed by atoms with Gasteiger partial charge in [-0.1, -0.05) is 12.5 Å². The van der Waals surface area contributed by atoms with Crippen LogP contribution in [0.5, 0.6) is 0 Å². The molecule has 2 atom stereocenters. The maximum absolute atomic E-state index is 12.8. The number of aromatic nitrogens is 1. The van der Waals surface area contributed by atoms with Crippen LogP contribution in [0.2, 0.25) is 0 Å². The van der Waals surface area contributed by atoms with Crippen LogP contribution in [0.25, 0.3) is 0 Å². The van der Waals surface area contributed by atoms with Gasteiger partial charge < -0.3 is 5.73 Å². The first-order valence-corrected chi connectivity index (χ1v) is 6.09. The van der Waals surface area contributed by atoms with E-state index in [1.165, 1.54) is 0 Å². The number of hydrogen-bond acceptors (Lipinski definition) is 2. The Kier molecular flexibility index (Phi) is 3.36. The predicted molar refractivity (Wildman–Crippen MR) is 62.9 cm³/mol. The Labute approximate surface area is 104 Å². The van der Waals surface area contributed by atoms with Crippen molar-refractivity contribution in [2.75, 3.05) is 0 Å². The summed E-state index contributed by atoms with van der Waals surface area (Å²) < 4.78 is 38.4. The standard InChI is InChI=1S/C13H17F3N2/c1-9-5-11(8-18-7-9)12(17)4-2-3-10(6-12)13(14,15)16/h5,7-8,10H,2-4,6,17H2,1H3. The molecule has 1 aliphatic carbocycles. The third-order valence-corrected chi connectivity index (χ3v) is 3.70. The van der Waals surface area contributed by atoms with Gasteiger partial charge in [0.05, 0.1) is 5.92 Å². The molecule has 100 valence electrons. The van der Waals surface area contributed by atoms with E-state index in [-0.39, 0.29) is 12.8 Å². The average molecular weight is 258 g/mol. The second kappa shape index (κ2) is 4.53. The number of alkyl halides is 3. The lowest BCUT2D eigenvalue weighted by Gasteiger charge is -2.39. The van der Waals surface area contributed by atoms with Crippen molar-refractivity contribution in [2.24, 2.45) is 11.7 Å². The summed E-state index contributed by atoms with van der Waals surface area (Å²) in [5, 5.41) is 0. The fraction of sp³-hybridized carbons (Fsp3) is 0.615. The van der Waals surface area contributed by atoms with Crippen molar-refractivity contribution < 1.29 is 13.2 Å². The molecule has 2 unspecified atom stereocenters. The molecule has 1 saturated carbocycles. The molecule has 5 heteroatoms. The van der Waals surface area contributed by atoms with E-state index in [1.807, 2.05) is 13.0 Å². The van der Waals surface area contributed by atoms with E-state index in [9.17, 15) is 13.2 Å². The molecule has 0 bridgehead atoms. The van der Waals surface area contributed by atoms with Crippen LogP contribution < -0.4 is 5.73 Å². The minimum Gasteiger partial charge on any atom is -0.321 e. The maximum atomic E-state index is 12.8. The molecule has 1 aliphatic rings. The molecule has 0 aromatic carbocycles.